The van der Waals surface area contributed by atoms with Crippen molar-refractivity contribution in [3.63, 3.8) is 0 Å². The number of rotatable bonds is 3. The maximum absolute atomic E-state index is 9.39. The molecule has 0 bridgehead atoms. The molecule has 3 nitrogen and oxygen atoms in total. The van der Waals surface area contributed by atoms with Crippen LogP contribution in [0.4, 0.5) is 5.69 Å². The summed E-state index contributed by atoms with van der Waals surface area (Å²) in [4.78, 5) is 6.86. The van der Waals surface area contributed by atoms with Gasteiger partial charge in [-0.3, -0.25) is 4.98 Å². The number of aliphatic hydroxyl groups is 1. The third kappa shape index (κ3) is 2.30. The predicted molar refractivity (Wildman–Crippen MR) is 78.3 cm³/mol. The fourth-order valence-corrected chi connectivity index (χ4v) is 3.07. The van der Waals surface area contributed by atoms with Crippen molar-refractivity contribution in [2.24, 2.45) is 0 Å². The summed E-state index contributed by atoms with van der Waals surface area (Å²) in [5, 5.41) is 10.6. The van der Waals surface area contributed by atoms with E-state index in [0.717, 1.165) is 11.2 Å². The third-order valence-electron chi connectivity index (χ3n) is 4.16. The zero-order valence-corrected chi connectivity index (χ0v) is 11.3. The van der Waals surface area contributed by atoms with Crippen LogP contribution in [0.2, 0.25) is 0 Å². The first-order valence-corrected chi connectivity index (χ1v) is 7.02. The van der Waals surface area contributed by atoms with Gasteiger partial charge >= 0.3 is 0 Å². The minimum Gasteiger partial charge on any atom is -0.390 e. The van der Waals surface area contributed by atoms with Gasteiger partial charge in [-0.2, -0.15) is 0 Å². The summed E-state index contributed by atoms with van der Waals surface area (Å²) < 4.78 is 0. The first kappa shape index (κ1) is 12.4. The summed E-state index contributed by atoms with van der Waals surface area (Å²) >= 11 is 0. The van der Waals surface area contributed by atoms with Crippen LogP contribution in [0.15, 0.2) is 30.3 Å². The molecular weight excluding hydrogens is 236 g/mol. The summed E-state index contributed by atoms with van der Waals surface area (Å²) in [5.74, 6) is 0. The van der Waals surface area contributed by atoms with Crippen molar-refractivity contribution in [2.75, 3.05) is 11.9 Å². The fraction of sp³-hybridized carbons (Fsp3) is 0.438. The van der Waals surface area contributed by atoms with E-state index in [1.807, 2.05) is 18.2 Å². The quantitative estimate of drug-likeness (QED) is 0.916. The maximum atomic E-state index is 9.39. The molecule has 0 unspecified atom stereocenters. The van der Waals surface area contributed by atoms with Crippen LogP contribution in [-0.4, -0.2) is 23.2 Å². The predicted octanol–water partition coefficient (Wildman–Crippen LogP) is 3.11. The van der Waals surface area contributed by atoms with Gasteiger partial charge in [-0.05, 0) is 25.0 Å². The molecule has 1 aromatic heterocycles. The molecule has 0 amide bonds. The van der Waals surface area contributed by atoms with E-state index in [0.29, 0.717) is 6.04 Å². The molecule has 1 saturated carbocycles. The number of pyridine rings is 1. The first-order valence-electron chi connectivity index (χ1n) is 7.02. The van der Waals surface area contributed by atoms with E-state index in [1.165, 1.54) is 36.8 Å². The van der Waals surface area contributed by atoms with Crippen LogP contribution >= 0.6 is 0 Å². The molecule has 0 atom stereocenters. The summed E-state index contributed by atoms with van der Waals surface area (Å²) in [5.41, 5.74) is 2.91. The Bertz CT molecular complexity index is 576. The standard InChI is InChI=1S/C16H20N2O/c1-18(13-6-2-3-7-13)16-10-12(11-19)17-15-9-5-4-8-14(15)16/h4-5,8-10,13,19H,2-3,6-7,11H2,1H3. The molecule has 1 fully saturated rings. The summed E-state index contributed by atoms with van der Waals surface area (Å²) in [6, 6.07) is 10.8. The number of fused-ring (bicyclic) bond motifs is 1. The van der Waals surface area contributed by atoms with Gasteiger partial charge in [-0.15, -0.1) is 0 Å². The van der Waals surface area contributed by atoms with Crippen molar-refractivity contribution < 1.29 is 5.11 Å². The Kier molecular flexibility index (Phi) is 3.38. The molecule has 19 heavy (non-hydrogen) atoms. The lowest BCUT2D eigenvalue weighted by atomic mass is 10.1. The molecule has 0 spiro atoms. The van der Waals surface area contributed by atoms with Gasteiger partial charge < -0.3 is 10.0 Å². The Morgan fingerprint density at radius 1 is 1.26 bits per heavy atom. The highest BCUT2D eigenvalue weighted by Gasteiger charge is 2.21. The van der Waals surface area contributed by atoms with Crippen LogP contribution in [0.1, 0.15) is 31.4 Å². The monoisotopic (exact) mass is 256 g/mol. The number of hydrogen-bond acceptors (Lipinski definition) is 3. The van der Waals surface area contributed by atoms with E-state index in [2.05, 4.69) is 29.1 Å². The van der Waals surface area contributed by atoms with Gasteiger partial charge in [0.15, 0.2) is 0 Å². The molecule has 0 saturated heterocycles. The number of aromatic nitrogens is 1. The number of anilines is 1. The average molecular weight is 256 g/mol. The maximum Gasteiger partial charge on any atom is 0.0854 e. The van der Waals surface area contributed by atoms with Crippen molar-refractivity contribution >= 4 is 16.6 Å². The number of aliphatic hydroxyl groups excluding tert-OH is 1. The van der Waals surface area contributed by atoms with E-state index in [9.17, 15) is 5.11 Å². The van der Waals surface area contributed by atoms with Gasteiger partial charge in [0.1, 0.15) is 0 Å². The van der Waals surface area contributed by atoms with Crippen molar-refractivity contribution in [2.45, 2.75) is 38.3 Å². The Hall–Kier alpha value is -1.61. The van der Waals surface area contributed by atoms with Crippen LogP contribution in [0, 0.1) is 0 Å². The first-order chi connectivity index (χ1) is 9.29. The van der Waals surface area contributed by atoms with Gasteiger partial charge in [0.2, 0.25) is 0 Å². The minimum absolute atomic E-state index is 0.00363. The average Bonchev–Trinajstić information content (AvgIpc) is 2.99. The van der Waals surface area contributed by atoms with Gasteiger partial charge in [0, 0.05) is 24.2 Å². The Labute approximate surface area is 113 Å². The van der Waals surface area contributed by atoms with Gasteiger partial charge in [-0.1, -0.05) is 31.0 Å². The molecule has 1 aliphatic carbocycles. The fourth-order valence-electron chi connectivity index (χ4n) is 3.07. The zero-order valence-electron chi connectivity index (χ0n) is 11.3. The lowest BCUT2D eigenvalue weighted by Gasteiger charge is -2.28. The van der Waals surface area contributed by atoms with Crippen molar-refractivity contribution in [1.82, 2.24) is 4.98 Å². The van der Waals surface area contributed by atoms with Gasteiger partial charge in [0.25, 0.3) is 0 Å². The summed E-state index contributed by atoms with van der Waals surface area (Å²) in [6.45, 7) is -0.00363. The summed E-state index contributed by atoms with van der Waals surface area (Å²) in [7, 11) is 2.17. The van der Waals surface area contributed by atoms with E-state index in [1.54, 1.807) is 0 Å². The molecule has 1 aliphatic rings. The normalized spacial score (nSPS) is 16.1. The number of para-hydroxylation sites is 1. The Balaban J connectivity index is 2.09. The van der Waals surface area contributed by atoms with Crippen LogP contribution in [0.5, 0.6) is 0 Å². The summed E-state index contributed by atoms with van der Waals surface area (Å²) in [6.07, 6.45) is 5.18. The minimum atomic E-state index is -0.00363. The molecule has 1 aromatic carbocycles. The lowest BCUT2D eigenvalue weighted by molar-refractivity contribution is 0.277. The van der Waals surface area contributed by atoms with Crippen LogP contribution in [0.3, 0.4) is 0 Å². The van der Waals surface area contributed by atoms with Crippen LogP contribution in [0.25, 0.3) is 10.9 Å². The SMILES string of the molecule is CN(c1cc(CO)nc2ccccc12)C1CCCC1. The zero-order chi connectivity index (χ0) is 13.2. The van der Waals surface area contributed by atoms with E-state index in [-0.39, 0.29) is 6.61 Å². The third-order valence-corrected chi connectivity index (χ3v) is 4.16. The van der Waals surface area contributed by atoms with Crippen LogP contribution < -0.4 is 4.90 Å². The second-order valence-electron chi connectivity index (χ2n) is 5.36. The van der Waals surface area contributed by atoms with E-state index >= 15 is 0 Å². The van der Waals surface area contributed by atoms with Crippen molar-refractivity contribution in [1.29, 1.82) is 0 Å². The second kappa shape index (κ2) is 5.17. The molecule has 0 aliphatic heterocycles. The van der Waals surface area contributed by atoms with Crippen molar-refractivity contribution in [3.05, 3.63) is 36.0 Å². The molecular formula is C16H20N2O. The number of nitrogens with zero attached hydrogens (tertiary/aromatic N) is 2. The highest BCUT2D eigenvalue weighted by Crippen LogP contribution is 2.32. The van der Waals surface area contributed by atoms with E-state index < -0.39 is 0 Å². The highest BCUT2D eigenvalue weighted by atomic mass is 16.3. The number of benzene rings is 1. The highest BCUT2D eigenvalue weighted by molar-refractivity contribution is 5.92. The molecule has 3 heteroatoms. The largest absolute Gasteiger partial charge is 0.390 e. The van der Waals surface area contributed by atoms with E-state index in [4.69, 9.17) is 0 Å². The van der Waals surface area contributed by atoms with Gasteiger partial charge in [-0.25, -0.2) is 0 Å². The Morgan fingerprint density at radius 2 is 2.00 bits per heavy atom. The Morgan fingerprint density at radius 3 is 2.74 bits per heavy atom. The topological polar surface area (TPSA) is 36.4 Å². The molecule has 100 valence electrons. The van der Waals surface area contributed by atoms with Crippen LogP contribution in [-0.2, 0) is 6.61 Å². The molecule has 2 aromatic rings. The molecule has 1 N–H and O–H groups in total. The lowest BCUT2D eigenvalue weighted by Crippen LogP contribution is -2.29. The van der Waals surface area contributed by atoms with Gasteiger partial charge in [0.05, 0.1) is 17.8 Å². The smallest absolute Gasteiger partial charge is 0.0854 e. The molecule has 0 radical (unpaired) electrons. The molecule has 3 rings (SSSR count). The van der Waals surface area contributed by atoms with Crippen molar-refractivity contribution in [3.8, 4) is 0 Å². The number of hydrogen-bond donors (Lipinski definition) is 1. The molecule has 1 heterocycles. The second-order valence-corrected chi connectivity index (χ2v) is 5.36.